The predicted molar refractivity (Wildman–Crippen MR) is 102 cm³/mol. The fourth-order valence-electron chi connectivity index (χ4n) is 3.36. The molecule has 0 radical (unpaired) electrons. The molecule has 0 saturated carbocycles. The molecule has 0 spiro atoms. The summed E-state index contributed by atoms with van der Waals surface area (Å²) in [5, 5.41) is 9.90. The maximum Gasteiger partial charge on any atom is 0.332 e. The Morgan fingerprint density at radius 1 is 1.07 bits per heavy atom. The van der Waals surface area contributed by atoms with E-state index < -0.39 is 24.0 Å². The van der Waals surface area contributed by atoms with Gasteiger partial charge in [0, 0.05) is 22.3 Å². The molecule has 3 rings (SSSR count). The van der Waals surface area contributed by atoms with Crippen molar-refractivity contribution in [2.75, 3.05) is 6.61 Å². The number of rotatable bonds is 5. The molecule has 2 aromatic rings. The van der Waals surface area contributed by atoms with Gasteiger partial charge in [-0.2, -0.15) is 4.89 Å². The number of fused-ring (bicyclic) bond motifs is 2. The van der Waals surface area contributed by atoms with Crippen molar-refractivity contribution >= 4 is 11.8 Å². The molecule has 0 saturated heterocycles. The number of esters is 1. The molecule has 148 valence electrons. The van der Waals surface area contributed by atoms with Crippen LogP contribution in [-0.2, 0) is 31.4 Å². The summed E-state index contributed by atoms with van der Waals surface area (Å²) in [5.41, 5.74) is 1.69. The first-order valence-electron chi connectivity index (χ1n) is 9.18. The lowest BCUT2D eigenvalue weighted by Gasteiger charge is -2.36. The van der Waals surface area contributed by atoms with Gasteiger partial charge in [-0.05, 0) is 38.8 Å². The van der Waals surface area contributed by atoms with Gasteiger partial charge in [-0.25, -0.2) is 10.1 Å². The fraction of sp³-hybridized carbons (Fsp3) is 0.364. The molecule has 1 N–H and O–H groups in total. The average molecular weight is 384 g/mol. The molecular weight excluding hydrogens is 360 g/mol. The number of benzene rings is 2. The van der Waals surface area contributed by atoms with Gasteiger partial charge in [0.25, 0.3) is 5.79 Å². The van der Waals surface area contributed by atoms with Gasteiger partial charge in [0.2, 0.25) is 0 Å². The molecule has 0 bridgehead atoms. The zero-order chi connectivity index (χ0) is 20.5. The molecule has 0 aliphatic heterocycles. The molecular formula is C22H24O6. The van der Waals surface area contributed by atoms with Crippen molar-refractivity contribution in [3.8, 4) is 0 Å². The molecule has 1 atom stereocenters. The van der Waals surface area contributed by atoms with Gasteiger partial charge >= 0.3 is 5.97 Å². The quantitative estimate of drug-likeness (QED) is 0.365. The molecule has 2 aromatic carbocycles. The summed E-state index contributed by atoms with van der Waals surface area (Å²) in [6, 6.07) is 12.0. The Morgan fingerprint density at radius 3 is 2.39 bits per heavy atom. The molecule has 1 unspecified atom stereocenters. The molecule has 6 heteroatoms. The molecule has 0 amide bonds. The van der Waals surface area contributed by atoms with E-state index in [2.05, 4.69) is 0 Å². The van der Waals surface area contributed by atoms with E-state index in [1.165, 1.54) is 0 Å². The van der Waals surface area contributed by atoms with E-state index in [4.69, 9.17) is 14.4 Å². The summed E-state index contributed by atoms with van der Waals surface area (Å²) in [5.74, 6) is -2.59. The van der Waals surface area contributed by atoms with Crippen LogP contribution in [0.25, 0.3) is 0 Å². The second-order valence-electron chi connectivity index (χ2n) is 7.69. The number of hydrogen-bond donors (Lipinski definition) is 1. The van der Waals surface area contributed by atoms with Gasteiger partial charge in [0.05, 0.1) is 0 Å². The maximum absolute atomic E-state index is 13.0. The van der Waals surface area contributed by atoms with Crippen molar-refractivity contribution in [1.82, 2.24) is 0 Å². The van der Waals surface area contributed by atoms with Gasteiger partial charge in [0.15, 0.2) is 5.78 Å². The van der Waals surface area contributed by atoms with E-state index in [9.17, 15) is 14.8 Å². The molecule has 0 fully saturated rings. The van der Waals surface area contributed by atoms with Gasteiger partial charge in [-0.1, -0.05) is 43.3 Å². The van der Waals surface area contributed by atoms with Crippen molar-refractivity contribution in [1.29, 1.82) is 0 Å². The second kappa shape index (κ2) is 7.47. The van der Waals surface area contributed by atoms with Gasteiger partial charge in [-0.15, -0.1) is 0 Å². The van der Waals surface area contributed by atoms with Crippen molar-refractivity contribution in [2.24, 2.45) is 0 Å². The van der Waals surface area contributed by atoms with Crippen LogP contribution < -0.4 is 0 Å². The molecule has 0 heterocycles. The number of aryl methyl sites for hydroxylation is 1. The first-order valence-corrected chi connectivity index (χ1v) is 9.18. The fourth-order valence-corrected chi connectivity index (χ4v) is 3.36. The summed E-state index contributed by atoms with van der Waals surface area (Å²) in [6.45, 7) is 6.77. The minimum absolute atomic E-state index is 0.186. The smallest absolute Gasteiger partial charge is 0.332 e. The first kappa shape index (κ1) is 20.2. The lowest BCUT2D eigenvalue weighted by atomic mass is 9.79. The normalized spacial score (nSPS) is 18.4. The Kier molecular flexibility index (Phi) is 5.39. The van der Waals surface area contributed by atoms with Gasteiger partial charge in [-0.3, -0.25) is 4.79 Å². The maximum atomic E-state index is 13.0. The Balaban J connectivity index is 2.08. The lowest BCUT2D eigenvalue weighted by Crippen LogP contribution is -2.42. The van der Waals surface area contributed by atoms with Crippen LogP contribution in [-0.4, -0.2) is 29.2 Å². The summed E-state index contributed by atoms with van der Waals surface area (Å²) >= 11 is 0. The van der Waals surface area contributed by atoms with Gasteiger partial charge in [0.1, 0.15) is 12.2 Å². The second-order valence-corrected chi connectivity index (χ2v) is 7.69. The largest absolute Gasteiger partial charge is 0.458 e. The van der Waals surface area contributed by atoms with Crippen molar-refractivity contribution in [2.45, 2.75) is 45.5 Å². The monoisotopic (exact) mass is 384 g/mol. The van der Waals surface area contributed by atoms with Crippen molar-refractivity contribution < 1.29 is 29.2 Å². The summed E-state index contributed by atoms with van der Waals surface area (Å²) in [6.07, 6.45) is 0.744. The number of hydrogen-bond acceptors (Lipinski definition) is 6. The van der Waals surface area contributed by atoms with E-state index in [1.807, 2.05) is 13.0 Å². The van der Waals surface area contributed by atoms with E-state index >= 15 is 0 Å². The van der Waals surface area contributed by atoms with Crippen LogP contribution in [0.4, 0.5) is 0 Å². The van der Waals surface area contributed by atoms with Gasteiger partial charge < -0.3 is 9.47 Å². The Morgan fingerprint density at radius 2 is 1.75 bits per heavy atom. The standard InChI is InChI=1S/C22H24O6/c1-5-14-10-11-18-16(12-14)20(24)15-8-6-7-9-17(15)22(18,28-25)26-13-19(23)27-21(2,3)4/h6-12,25H,5,13H2,1-4H3. The van der Waals surface area contributed by atoms with Crippen LogP contribution in [0.5, 0.6) is 0 Å². The van der Waals surface area contributed by atoms with Crippen LogP contribution in [0.2, 0.25) is 0 Å². The highest BCUT2D eigenvalue weighted by Crippen LogP contribution is 2.43. The zero-order valence-corrected chi connectivity index (χ0v) is 16.4. The SMILES string of the molecule is CCc1ccc2c(c1)C(=O)c1ccccc1C2(OO)OCC(=O)OC(C)(C)C. The van der Waals surface area contributed by atoms with E-state index in [1.54, 1.807) is 57.2 Å². The third-order valence-electron chi connectivity index (χ3n) is 4.56. The summed E-state index contributed by atoms with van der Waals surface area (Å²) in [4.78, 5) is 30.1. The van der Waals surface area contributed by atoms with Crippen LogP contribution in [0, 0.1) is 0 Å². The predicted octanol–water partition coefficient (Wildman–Crippen LogP) is 3.84. The lowest BCUT2D eigenvalue weighted by molar-refractivity contribution is -0.395. The number of ketones is 1. The molecule has 28 heavy (non-hydrogen) atoms. The molecule has 6 nitrogen and oxygen atoms in total. The minimum atomic E-state index is -1.80. The average Bonchev–Trinajstić information content (AvgIpc) is 2.67. The Labute approximate surface area is 164 Å². The van der Waals surface area contributed by atoms with Crippen LogP contribution in [0.15, 0.2) is 42.5 Å². The minimum Gasteiger partial charge on any atom is -0.458 e. The van der Waals surface area contributed by atoms with Crippen molar-refractivity contribution in [3.05, 3.63) is 70.3 Å². The highest BCUT2D eigenvalue weighted by Gasteiger charge is 2.47. The zero-order valence-electron chi connectivity index (χ0n) is 16.4. The van der Waals surface area contributed by atoms with Crippen LogP contribution in [0.3, 0.4) is 0 Å². The van der Waals surface area contributed by atoms with Crippen LogP contribution in [0.1, 0.15) is 60.3 Å². The highest BCUT2D eigenvalue weighted by molar-refractivity contribution is 6.13. The molecule has 0 aromatic heterocycles. The van der Waals surface area contributed by atoms with Crippen LogP contribution >= 0.6 is 0 Å². The summed E-state index contributed by atoms with van der Waals surface area (Å²) < 4.78 is 11.1. The first-order chi connectivity index (χ1) is 13.2. The molecule has 1 aliphatic carbocycles. The van der Waals surface area contributed by atoms with E-state index in [0.29, 0.717) is 22.3 Å². The number of carbonyl (C=O) groups is 2. The highest BCUT2D eigenvalue weighted by atomic mass is 17.1. The summed E-state index contributed by atoms with van der Waals surface area (Å²) in [7, 11) is 0. The van der Waals surface area contributed by atoms with E-state index in [0.717, 1.165) is 12.0 Å². The number of ether oxygens (including phenoxy) is 2. The third kappa shape index (κ3) is 3.58. The number of carbonyl (C=O) groups excluding carboxylic acids is 2. The third-order valence-corrected chi connectivity index (χ3v) is 4.56. The molecule has 1 aliphatic rings. The van der Waals surface area contributed by atoms with Crippen molar-refractivity contribution in [3.63, 3.8) is 0 Å². The van der Waals surface area contributed by atoms with E-state index in [-0.39, 0.29) is 5.78 Å². The Hall–Kier alpha value is -2.54. The topological polar surface area (TPSA) is 82.1 Å². The Bertz CT molecular complexity index is 911.